The molecule has 1 fully saturated rings. The van der Waals surface area contributed by atoms with E-state index in [9.17, 15) is 4.39 Å². The number of ether oxygens (including phenoxy) is 1. The lowest BCUT2D eigenvalue weighted by molar-refractivity contribution is -0.0115. The van der Waals surface area contributed by atoms with Crippen molar-refractivity contribution in [2.24, 2.45) is 0 Å². The van der Waals surface area contributed by atoms with E-state index in [0.717, 1.165) is 24.9 Å². The van der Waals surface area contributed by atoms with Gasteiger partial charge in [0.2, 0.25) is 0 Å². The zero-order chi connectivity index (χ0) is 14.6. The minimum absolute atomic E-state index is 0.00192. The summed E-state index contributed by atoms with van der Waals surface area (Å²) in [6.07, 6.45) is 5.16. The molecule has 2 nitrogen and oxygen atoms in total. The van der Waals surface area contributed by atoms with E-state index in [2.05, 4.69) is 26.1 Å². The van der Waals surface area contributed by atoms with Crippen LogP contribution in [-0.4, -0.2) is 18.2 Å². The molecule has 0 aliphatic heterocycles. The summed E-state index contributed by atoms with van der Waals surface area (Å²) in [5.74, 6) is -0.197. The lowest BCUT2D eigenvalue weighted by Crippen LogP contribution is -2.39. The Morgan fingerprint density at radius 1 is 1.20 bits per heavy atom. The predicted octanol–water partition coefficient (Wildman–Crippen LogP) is 4.21. The van der Waals surface area contributed by atoms with Crippen molar-refractivity contribution in [2.75, 3.05) is 6.54 Å². The van der Waals surface area contributed by atoms with Gasteiger partial charge in [-0.2, -0.15) is 0 Å². The second-order valence-electron chi connectivity index (χ2n) is 6.71. The molecule has 1 aliphatic carbocycles. The van der Waals surface area contributed by atoms with E-state index < -0.39 is 0 Å². The molecule has 3 heteroatoms. The van der Waals surface area contributed by atoms with Gasteiger partial charge in [-0.05, 0) is 51.3 Å². The maximum atomic E-state index is 13.1. The van der Waals surface area contributed by atoms with Crippen LogP contribution in [0.2, 0.25) is 0 Å². The zero-order valence-electron chi connectivity index (χ0n) is 12.8. The van der Waals surface area contributed by atoms with Gasteiger partial charge in [-0.3, -0.25) is 0 Å². The van der Waals surface area contributed by atoms with Gasteiger partial charge in [0.05, 0.1) is 12.2 Å². The summed E-state index contributed by atoms with van der Waals surface area (Å²) in [4.78, 5) is 0. The van der Waals surface area contributed by atoms with E-state index in [1.807, 2.05) is 12.1 Å². The van der Waals surface area contributed by atoms with Crippen LogP contribution in [0, 0.1) is 5.82 Å². The fourth-order valence-electron chi connectivity index (χ4n) is 2.58. The summed E-state index contributed by atoms with van der Waals surface area (Å²) in [5.41, 5.74) is 1.10. The van der Waals surface area contributed by atoms with Gasteiger partial charge >= 0.3 is 0 Å². The Bertz CT molecular complexity index is 404. The first-order valence-corrected chi connectivity index (χ1v) is 7.60. The van der Waals surface area contributed by atoms with Gasteiger partial charge < -0.3 is 10.1 Å². The van der Waals surface area contributed by atoms with E-state index in [0.29, 0.717) is 6.10 Å². The standard InChI is InChI=1S/C17H26FNO/c1-17(2,3)19-12-16(20-15-6-4-5-7-15)13-8-10-14(18)11-9-13/h8-11,15-16,19H,4-7,12H2,1-3H3. The van der Waals surface area contributed by atoms with Crippen LogP contribution in [0.25, 0.3) is 0 Å². The average Bonchev–Trinajstić information content (AvgIpc) is 2.87. The Labute approximate surface area is 121 Å². The summed E-state index contributed by atoms with van der Waals surface area (Å²) in [5, 5.41) is 3.49. The highest BCUT2D eigenvalue weighted by Crippen LogP contribution is 2.28. The summed E-state index contributed by atoms with van der Waals surface area (Å²) >= 11 is 0. The van der Waals surface area contributed by atoms with Crippen molar-refractivity contribution >= 4 is 0 Å². The Hall–Kier alpha value is -0.930. The van der Waals surface area contributed by atoms with E-state index >= 15 is 0 Å². The first kappa shape index (κ1) is 15.5. The number of rotatable bonds is 5. The van der Waals surface area contributed by atoms with Crippen LogP contribution in [0.1, 0.15) is 58.1 Å². The van der Waals surface area contributed by atoms with Crippen molar-refractivity contribution in [3.8, 4) is 0 Å². The second-order valence-corrected chi connectivity index (χ2v) is 6.71. The van der Waals surface area contributed by atoms with Gasteiger partial charge in [0, 0.05) is 12.1 Å². The van der Waals surface area contributed by atoms with Gasteiger partial charge in [-0.1, -0.05) is 25.0 Å². The molecule has 1 atom stereocenters. The van der Waals surface area contributed by atoms with Crippen LogP contribution in [0.3, 0.4) is 0 Å². The Kier molecular flexibility index (Phi) is 5.17. The van der Waals surface area contributed by atoms with Crippen LogP contribution in [0.5, 0.6) is 0 Å². The summed E-state index contributed by atoms with van der Waals surface area (Å²) in [6.45, 7) is 7.19. The molecule has 0 heterocycles. The van der Waals surface area contributed by atoms with E-state index in [1.54, 1.807) is 0 Å². The van der Waals surface area contributed by atoms with Crippen LogP contribution < -0.4 is 5.32 Å². The van der Waals surface area contributed by atoms with E-state index in [1.165, 1.54) is 25.0 Å². The molecule has 20 heavy (non-hydrogen) atoms. The van der Waals surface area contributed by atoms with Crippen LogP contribution in [-0.2, 0) is 4.74 Å². The first-order valence-electron chi connectivity index (χ1n) is 7.60. The maximum Gasteiger partial charge on any atom is 0.123 e. The van der Waals surface area contributed by atoms with E-state index in [-0.39, 0.29) is 17.5 Å². The minimum Gasteiger partial charge on any atom is -0.369 e. The van der Waals surface area contributed by atoms with Crippen LogP contribution in [0.15, 0.2) is 24.3 Å². The Morgan fingerprint density at radius 3 is 2.35 bits per heavy atom. The molecule has 1 N–H and O–H groups in total. The van der Waals surface area contributed by atoms with Crippen LogP contribution >= 0.6 is 0 Å². The van der Waals surface area contributed by atoms with Crippen LogP contribution in [0.4, 0.5) is 4.39 Å². The highest BCUT2D eigenvalue weighted by atomic mass is 19.1. The van der Waals surface area contributed by atoms with Crippen molar-refractivity contribution < 1.29 is 9.13 Å². The predicted molar refractivity (Wildman–Crippen MR) is 80.2 cm³/mol. The fraction of sp³-hybridized carbons (Fsp3) is 0.647. The molecular formula is C17H26FNO. The largest absolute Gasteiger partial charge is 0.369 e. The molecule has 0 radical (unpaired) electrons. The number of hydrogen-bond donors (Lipinski definition) is 1. The second kappa shape index (κ2) is 6.68. The first-order chi connectivity index (χ1) is 9.44. The van der Waals surface area contributed by atoms with Gasteiger partial charge in [0.1, 0.15) is 5.82 Å². The van der Waals surface area contributed by atoms with Gasteiger partial charge in [0.15, 0.2) is 0 Å². The van der Waals surface area contributed by atoms with Crippen molar-refractivity contribution in [1.29, 1.82) is 0 Å². The highest BCUT2D eigenvalue weighted by molar-refractivity contribution is 5.19. The highest BCUT2D eigenvalue weighted by Gasteiger charge is 2.23. The molecule has 0 saturated heterocycles. The number of hydrogen-bond acceptors (Lipinski definition) is 2. The summed E-state index contributed by atoms with van der Waals surface area (Å²) in [6, 6.07) is 6.69. The maximum absolute atomic E-state index is 13.1. The number of benzene rings is 1. The third-order valence-electron chi connectivity index (χ3n) is 3.72. The number of halogens is 1. The van der Waals surface area contributed by atoms with Crippen molar-refractivity contribution in [3.05, 3.63) is 35.6 Å². The summed E-state index contributed by atoms with van der Waals surface area (Å²) < 4.78 is 19.3. The quantitative estimate of drug-likeness (QED) is 0.871. The van der Waals surface area contributed by atoms with Crippen molar-refractivity contribution in [2.45, 2.75) is 64.2 Å². The third-order valence-corrected chi connectivity index (χ3v) is 3.72. The fourth-order valence-corrected chi connectivity index (χ4v) is 2.58. The number of nitrogens with one attached hydrogen (secondary N) is 1. The smallest absolute Gasteiger partial charge is 0.123 e. The van der Waals surface area contributed by atoms with Gasteiger partial charge in [-0.25, -0.2) is 4.39 Å². The van der Waals surface area contributed by atoms with E-state index in [4.69, 9.17) is 4.74 Å². The molecule has 1 aromatic rings. The lowest BCUT2D eigenvalue weighted by atomic mass is 10.1. The molecule has 1 unspecified atom stereocenters. The normalized spacial score (nSPS) is 18.4. The van der Waals surface area contributed by atoms with Crippen molar-refractivity contribution in [1.82, 2.24) is 5.32 Å². The van der Waals surface area contributed by atoms with Crippen molar-refractivity contribution in [3.63, 3.8) is 0 Å². The molecule has 1 saturated carbocycles. The molecule has 0 bridgehead atoms. The molecule has 2 rings (SSSR count). The molecule has 0 aromatic heterocycles. The lowest BCUT2D eigenvalue weighted by Gasteiger charge is -2.28. The minimum atomic E-state index is -0.197. The SMILES string of the molecule is CC(C)(C)NCC(OC1CCCC1)c1ccc(F)cc1. The Balaban J connectivity index is 2.03. The molecular weight excluding hydrogens is 253 g/mol. The van der Waals surface area contributed by atoms with Gasteiger partial charge in [0.25, 0.3) is 0 Å². The summed E-state index contributed by atoms with van der Waals surface area (Å²) in [7, 11) is 0. The molecule has 0 spiro atoms. The van der Waals surface area contributed by atoms with Gasteiger partial charge in [-0.15, -0.1) is 0 Å². The Morgan fingerprint density at radius 2 is 1.80 bits per heavy atom. The zero-order valence-corrected chi connectivity index (χ0v) is 12.8. The average molecular weight is 279 g/mol. The molecule has 1 aromatic carbocycles. The molecule has 1 aliphatic rings. The molecule has 112 valence electrons. The monoisotopic (exact) mass is 279 g/mol. The third kappa shape index (κ3) is 4.88. The molecule has 0 amide bonds. The topological polar surface area (TPSA) is 21.3 Å².